The average Bonchev–Trinajstić information content (AvgIpc) is 2.25. The van der Waals surface area contributed by atoms with Crippen molar-refractivity contribution < 1.29 is 13.9 Å². The zero-order chi connectivity index (χ0) is 12.0. The summed E-state index contributed by atoms with van der Waals surface area (Å²) >= 11 is 1.31. The molecule has 5 heteroatoms. The highest BCUT2D eigenvalue weighted by Gasteiger charge is 2.07. The van der Waals surface area contributed by atoms with Crippen LogP contribution < -0.4 is 5.73 Å². The minimum Gasteiger partial charge on any atom is -0.465 e. The van der Waals surface area contributed by atoms with Crippen LogP contribution in [-0.2, 0) is 15.3 Å². The van der Waals surface area contributed by atoms with Crippen molar-refractivity contribution in [3.05, 3.63) is 29.6 Å². The summed E-state index contributed by atoms with van der Waals surface area (Å²) in [6, 6.07) is 4.86. The van der Waals surface area contributed by atoms with Gasteiger partial charge >= 0.3 is 5.97 Å². The van der Waals surface area contributed by atoms with E-state index >= 15 is 0 Å². The third-order valence-electron chi connectivity index (χ3n) is 1.89. The number of carbonyl (C=O) groups is 1. The number of rotatable bonds is 5. The highest BCUT2D eigenvalue weighted by Crippen LogP contribution is 2.19. The van der Waals surface area contributed by atoms with E-state index < -0.39 is 5.82 Å². The largest absolute Gasteiger partial charge is 0.465 e. The third-order valence-corrected chi connectivity index (χ3v) is 2.85. The van der Waals surface area contributed by atoms with Crippen molar-refractivity contribution in [2.45, 2.75) is 12.7 Å². The van der Waals surface area contributed by atoms with E-state index in [4.69, 9.17) is 10.5 Å². The summed E-state index contributed by atoms with van der Waals surface area (Å²) in [5, 5.41) is 0. The number of nitrogen functional groups attached to an aromatic ring is 1. The van der Waals surface area contributed by atoms with Gasteiger partial charge in [0.25, 0.3) is 0 Å². The molecule has 0 aliphatic heterocycles. The molecule has 0 fully saturated rings. The molecule has 0 bridgehead atoms. The van der Waals surface area contributed by atoms with Crippen molar-refractivity contribution in [1.29, 1.82) is 0 Å². The Kier molecular flexibility index (Phi) is 5.11. The first-order chi connectivity index (χ1) is 7.65. The van der Waals surface area contributed by atoms with Gasteiger partial charge in [0, 0.05) is 5.75 Å². The Balaban J connectivity index is 2.43. The molecule has 0 aliphatic carbocycles. The quantitative estimate of drug-likeness (QED) is 0.636. The number of anilines is 1. The van der Waals surface area contributed by atoms with Gasteiger partial charge in [0.2, 0.25) is 0 Å². The SMILES string of the molecule is CCOC(=O)CSCc1cccc(N)c1F. The molecule has 0 spiro atoms. The smallest absolute Gasteiger partial charge is 0.315 e. The van der Waals surface area contributed by atoms with Gasteiger partial charge in [0.1, 0.15) is 5.82 Å². The van der Waals surface area contributed by atoms with E-state index in [2.05, 4.69) is 0 Å². The van der Waals surface area contributed by atoms with E-state index in [0.29, 0.717) is 17.9 Å². The lowest BCUT2D eigenvalue weighted by Crippen LogP contribution is -2.07. The Morgan fingerprint density at radius 1 is 1.56 bits per heavy atom. The lowest BCUT2D eigenvalue weighted by molar-refractivity contribution is -0.139. The van der Waals surface area contributed by atoms with Gasteiger partial charge < -0.3 is 10.5 Å². The molecule has 2 N–H and O–H groups in total. The number of nitrogens with two attached hydrogens (primary N) is 1. The van der Waals surface area contributed by atoms with Gasteiger partial charge in [-0.1, -0.05) is 12.1 Å². The monoisotopic (exact) mass is 243 g/mol. The summed E-state index contributed by atoms with van der Waals surface area (Å²) < 4.78 is 18.2. The first kappa shape index (κ1) is 12.8. The fourth-order valence-corrected chi connectivity index (χ4v) is 1.95. The Hall–Kier alpha value is -1.23. The Labute approximate surface area is 98.2 Å². The molecule has 0 amide bonds. The molecule has 88 valence electrons. The number of halogens is 1. The Bertz CT molecular complexity index is 371. The molecule has 3 nitrogen and oxygen atoms in total. The summed E-state index contributed by atoms with van der Waals surface area (Å²) in [4.78, 5) is 11.0. The van der Waals surface area contributed by atoms with Crippen LogP contribution in [0.2, 0.25) is 0 Å². The molecule has 1 rings (SSSR count). The van der Waals surface area contributed by atoms with Crippen molar-refractivity contribution in [2.24, 2.45) is 0 Å². The molecular weight excluding hydrogens is 229 g/mol. The number of thioether (sulfide) groups is 1. The summed E-state index contributed by atoms with van der Waals surface area (Å²) in [6.07, 6.45) is 0. The van der Waals surface area contributed by atoms with Gasteiger partial charge in [-0.2, -0.15) is 0 Å². The molecule has 0 aromatic heterocycles. The van der Waals surface area contributed by atoms with E-state index in [1.54, 1.807) is 19.1 Å². The number of hydrogen-bond donors (Lipinski definition) is 1. The lowest BCUT2D eigenvalue weighted by Gasteiger charge is -2.05. The van der Waals surface area contributed by atoms with Crippen molar-refractivity contribution >= 4 is 23.4 Å². The van der Waals surface area contributed by atoms with E-state index in [1.165, 1.54) is 17.8 Å². The molecule has 0 saturated carbocycles. The Morgan fingerprint density at radius 3 is 3.00 bits per heavy atom. The van der Waals surface area contributed by atoms with Gasteiger partial charge in [-0.3, -0.25) is 4.79 Å². The molecule has 0 unspecified atom stereocenters. The number of esters is 1. The van der Waals surface area contributed by atoms with Crippen LogP contribution in [-0.4, -0.2) is 18.3 Å². The van der Waals surface area contributed by atoms with Gasteiger partial charge in [0.15, 0.2) is 0 Å². The summed E-state index contributed by atoms with van der Waals surface area (Å²) in [7, 11) is 0. The maximum atomic E-state index is 13.4. The van der Waals surface area contributed by atoms with Gasteiger partial charge in [-0.05, 0) is 18.6 Å². The van der Waals surface area contributed by atoms with Crippen molar-refractivity contribution in [3.8, 4) is 0 Å². The minimum atomic E-state index is -0.404. The lowest BCUT2D eigenvalue weighted by atomic mass is 10.2. The number of benzene rings is 1. The zero-order valence-corrected chi connectivity index (χ0v) is 9.85. The van der Waals surface area contributed by atoms with Gasteiger partial charge in [-0.25, -0.2) is 4.39 Å². The highest BCUT2D eigenvalue weighted by atomic mass is 32.2. The maximum Gasteiger partial charge on any atom is 0.315 e. The summed E-state index contributed by atoms with van der Waals surface area (Å²) in [5.41, 5.74) is 6.07. The molecule has 0 heterocycles. The predicted octanol–water partition coefficient (Wildman–Crippen LogP) is 2.20. The molecule has 0 radical (unpaired) electrons. The molecule has 0 atom stereocenters. The summed E-state index contributed by atoms with van der Waals surface area (Å²) in [6.45, 7) is 2.12. The predicted molar refractivity (Wildman–Crippen MR) is 63.6 cm³/mol. The van der Waals surface area contributed by atoms with E-state index in [-0.39, 0.29) is 17.4 Å². The van der Waals surface area contributed by atoms with Gasteiger partial charge in [-0.15, -0.1) is 11.8 Å². The number of carbonyl (C=O) groups excluding carboxylic acids is 1. The van der Waals surface area contributed by atoms with Crippen LogP contribution in [0.15, 0.2) is 18.2 Å². The van der Waals surface area contributed by atoms with E-state index in [1.807, 2.05) is 0 Å². The Morgan fingerprint density at radius 2 is 2.31 bits per heavy atom. The first-order valence-corrected chi connectivity index (χ1v) is 6.06. The first-order valence-electron chi connectivity index (χ1n) is 4.91. The highest BCUT2D eigenvalue weighted by molar-refractivity contribution is 7.99. The molecule has 0 aliphatic rings. The van der Waals surface area contributed by atoms with Crippen LogP contribution in [0.4, 0.5) is 10.1 Å². The van der Waals surface area contributed by atoms with Crippen LogP contribution in [0, 0.1) is 5.82 Å². The number of hydrogen-bond acceptors (Lipinski definition) is 4. The zero-order valence-electron chi connectivity index (χ0n) is 9.03. The van der Waals surface area contributed by atoms with Crippen LogP contribution in [0.1, 0.15) is 12.5 Å². The summed E-state index contributed by atoms with van der Waals surface area (Å²) in [5.74, 6) is -0.0479. The molecular formula is C11H14FNO2S. The maximum absolute atomic E-state index is 13.4. The molecule has 1 aromatic carbocycles. The van der Waals surface area contributed by atoms with E-state index in [0.717, 1.165) is 0 Å². The van der Waals surface area contributed by atoms with Crippen LogP contribution >= 0.6 is 11.8 Å². The molecule has 16 heavy (non-hydrogen) atoms. The van der Waals surface area contributed by atoms with Crippen LogP contribution in [0.5, 0.6) is 0 Å². The fraction of sp³-hybridized carbons (Fsp3) is 0.364. The average molecular weight is 243 g/mol. The second-order valence-electron chi connectivity index (χ2n) is 3.12. The van der Waals surface area contributed by atoms with Crippen molar-refractivity contribution in [2.75, 3.05) is 18.1 Å². The molecule has 0 saturated heterocycles. The third kappa shape index (κ3) is 3.73. The second-order valence-corrected chi connectivity index (χ2v) is 4.10. The van der Waals surface area contributed by atoms with Crippen LogP contribution in [0.3, 0.4) is 0 Å². The van der Waals surface area contributed by atoms with E-state index in [9.17, 15) is 9.18 Å². The molecule has 1 aromatic rings. The normalized spacial score (nSPS) is 10.1. The second kappa shape index (κ2) is 6.37. The number of ether oxygens (including phenoxy) is 1. The topological polar surface area (TPSA) is 52.3 Å². The fourth-order valence-electron chi connectivity index (χ4n) is 1.16. The van der Waals surface area contributed by atoms with Crippen molar-refractivity contribution in [3.63, 3.8) is 0 Å². The standard InChI is InChI=1S/C11H14FNO2S/c1-2-15-10(14)7-16-6-8-4-3-5-9(13)11(8)12/h3-5H,2,6-7,13H2,1H3. The van der Waals surface area contributed by atoms with Crippen molar-refractivity contribution in [1.82, 2.24) is 0 Å². The van der Waals surface area contributed by atoms with Gasteiger partial charge in [0.05, 0.1) is 18.0 Å². The van der Waals surface area contributed by atoms with Crippen LogP contribution in [0.25, 0.3) is 0 Å². The minimum absolute atomic E-state index is 0.134.